The first-order valence-electron chi connectivity index (χ1n) is 5.49. The van der Waals surface area contributed by atoms with Crippen LogP contribution in [0, 0.1) is 0 Å². The van der Waals surface area contributed by atoms with Crippen LogP contribution in [0.5, 0.6) is 0 Å². The molecule has 3 nitrogen and oxygen atoms in total. The molecule has 0 saturated heterocycles. The monoisotopic (exact) mass is 276 g/mol. The van der Waals surface area contributed by atoms with Gasteiger partial charge in [-0.2, -0.15) is 0 Å². The second kappa shape index (κ2) is 7.19. The second-order valence-corrected chi connectivity index (χ2v) is 4.93. The highest BCUT2D eigenvalue weighted by atomic mass is 35.5. The fraction of sp³-hybridized carbons (Fsp3) is 0.500. The minimum absolute atomic E-state index is 0.112. The summed E-state index contributed by atoms with van der Waals surface area (Å²) in [5.41, 5.74) is 3.77. The first-order valence-corrected chi connectivity index (χ1v) is 6.25. The SMILES string of the molecule is COC(C)CC(Cc1cc(Cl)ccc1Cl)NN. The number of rotatable bonds is 6. The van der Waals surface area contributed by atoms with Gasteiger partial charge in [0.15, 0.2) is 0 Å². The van der Waals surface area contributed by atoms with E-state index in [1.807, 2.05) is 13.0 Å². The lowest BCUT2D eigenvalue weighted by molar-refractivity contribution is 0.100. The van der Waals surface area contributed by atoms with Gasteiger partial charge in [-0.05, 0) is 43.5 Å². The first kappa shape index (κ1) is 14.7. The molecule has 17 heavy (non-hydrogen) atoms. The topological polar surface area (TPSA) is 47.3 Å². The summed E-state index contributed by atoms with van der Waals surface area (Å²) in [4.78, 5) is 0. The van der Waals surface area contributed by atoms with E-state index in [4.69, 9.17) is 33.8 Å². The van der Waals surface area contributed by atoms with Gasteiger partial charge in [-0.1, -0.05) is 23.2 Å². The fourth-order valence-corrected chi connectivity index (χ4v) is 2.06. The largest absolute Gasteiger partial charge is 0.382 e. The van der Waals surface area contributed by atoms with E-state index in [0.29, 0.717) is 10.0 Å². The fourth-order valence-electron chi connectivity index (χ4n) is 1.67. The minimum atomic E-state index is 0.112. The Labute approximate surface area is 112 Å². The van der Waals surface area contributed by atoms with E-state index < -0.39 is 0 Å². The average Bonchev–Trinajstić information content (AvgIpc) is 2.32. The summed E-state index contributed by atoms with van der Waals surface area (Å²) >= 11 is 12.1. The predicted molar refractivity (Wildman–Crippen MR) is 72.4 cm³/mol. The number of halogens is 2. The van der Waals surface area contributed by atoms with Gasteiger partial charge in [0.25, 0.3) is 0 Å². The summed E-state index contributed by atoms with van der Waals surface area (Å²) in [5, 5.41) is 1.39. The molecule has 0 aliphatic rings. The number of hydrogen-bond acceptors (Lipinski definition) is 3. The maximum atomic E-state index is 6.11. The van der Waals surface area contributed by atoms with Crippen LogP contribution in [0.3, 0.4) is 0 Å². The summed E-state index contributed by atoms with van der Waals surface area (Å²) in [6.45, 7) is 2.00. The number of methoxy groups -OCH3 is 1. The Bertz CT molecular complexity index is 360. The number of nitrogens with two attached hydrogens (primary N) is 1. The highest BCUT2D eigenvalue weighted by molar-refractivity contribution is 6.33. The molecule has 0 aliphatic heterocycles. The van der Waals surface area contributed by atoms with Gasteiger partial charge in [-0.25, -0.2) is 0 Å². The zero-order valence-corrected chi connectivity index (χ0v) is 11.6. The van der Waals surface area contributed by atoms with Gasteiger partial charge < -0.3 is 4.74 Å². The van der Waals surface area contributed by atoms with Crippen molar-refractivity contribution in [2.45, 2.75) is 31.9 Å². The molecule has 0 aliphatic carbocycles. The van der Waals surface area contributed by atoms with Gasteiger partial charge in [0, 0.05) is 23.2 Å². The molecule has 1 aromatic carbocycles. The van der Waals surface area contributed by atoms with Gasteiger partial charge in [0.1, 0.15) is 0 Å². The van der Waals surface area contributed by atoms with E-state index in [-0.39, 0.29) is 12.1 Å². The van der Waals surface area contributed by atoms with Crippen molar-refractivity contribution >= 4 is 23.2 Å². The summed E-state index contributed by atoms with van der Waals surface area (Å²) in [6, 6.07) is 5.55. The average molecular weight is 277 g/mol. The third-order valence-electron chi connectivity index (χ3n) is 2.73. The molecule has 0 saturated carbocycles. The van der Waals surface area contributed by atoms with Gasteiger partial charge in [-0.3, -0.25) is 11.3 Å². The Morgan fingerprint density at radius 2 is 2.12 bits per heavy atom. The van der Waals surface area contributed by atoms with Crippen LogP contribution in [0.15, 0.2) is 18.2 Å². The molecule has 0 aromatic heterocycles. The van der Waals surface area contributed by atoms with Crippen molar-refractivity contribution in [2.75, 3.05) is 7.11 Å². The molecule has 0 amide bonds. The lowest BCUT2D eigenvalue weighted by atomic mass is 10.0. The van der Waals surface area contributed by atoms with Crippen LogP contribution in [0.2, 0.25) is 10.0 Å². The quantitative estimate of drug-likeness (QED) is 0.621. The third kappa shape index (κ3) is 4.82. The third-order valence-corrected chi connectivity index (χ3v) is 3.33. The first-order chi connectivity index (χ1) is 8.06. The Balaban J connectivity index is 2.69. The Kier molecular flexibility index (Phi) is 6.23. The van der Waals surface area contributed by atoms with Crippen molar-refractivity contribution in [3.8, 4) is 0 Å². The highest BCUT2D eigenvalue weighted by Crippen LogP contribution is 2.22. The smallest absolute Gasteiger partial charge is 0.0558 e. The molecular weight excluding hydrogens is 259 g/mol. The molecule has 0 radical (unpaired) electrons. The van der Waals surface area contributed by atoms with Gasteiger partial charge >= 0.3 is 0 Å². The van der Waals surface area contributed by atoms with E-state index in [9.17, 15) is 0 Å². The van der Waals surface area contributed by atoms with Gasteiger partial charge in [-0.15, -0.1) is 0 Å². The van der Waals surface area contributed by atoms with Crippen LogP contribution < -0.4 is 11.3 Å². The molecule has 2 unspecified atom stereocenters. The minimum Gasteiger partial charge on any atom is -0.382 e. The van der Waals surface area contributed by atoms with Gasteiger partial charge in [0.2, 0.25) is 0 Å². The van der Waals surface area contributed by atoms with Crippen LogP contribution in [-0.4, -0.2) is 19.3 Å². The van der Waals surface area contributed by atoms with Crippen molar-refractivity contribution in [3.05, 3.63) is 33.8 Å². The molecule has 2 atom stereocenters. The van der Waals surface area contributed by atoms with E-state index >= 15 is 0 Å². The van der Waals surface area contributed by atoms with E-state index in [1.165, 1.54) is 0 Å². The van der Waals surface area contributed by atoms with Crippen LogP contribution in [0.1, 0.15) is 18.9 Å². The molecular formula is C12H18Cl2N2O. The lowest BCUT2D eigenvalue weighted by Gasteiger charge is -2.20. The van der Waals surface area contributed by atoms with E-state index in [2.05, 4.69) is 5.43 Å². The van der Waals surface area contributed by atoms with Gasteiger partial charge in [0.05, 0.1) is 6.10 Å². The van der Waals surface area contributed by atoms with Crippen molar-refractivity contribution in [3.63, 3.8) is 0 Å². The molecule has 1 aromatic rings. The predicted octanol–water partition coefficient (Wildman–Crippen LogP) is 2.79. The molecule has 5 heteroatoms. The Morgan fingerprint density at radius 3 is 2.71 bits per heavy atom. The number of benzene rings is 1. The summed E-state index contributed by atoms with van der Waals surface area (Å²) < 4.78 is 5.22. The van der Waals surface area contributed by atoms with Crippen molar-refractivity contribution in [2.24, 2.45) is 5.84 Å². The molecule has 0 heterocycles. The molecule has 96 valence electrons. The molecule has 1 rings (SSSR count). The zero-order chi connectivity index (χ0) is 12.8. The normalized spacial score (nSPS) is 14.6. The zero-order valence-electron chi connectivity index (χ0n) is 10.0. The lowest BCUT2D eigenvalue weighted by Crippen LogP contribution is -2.39. The Morgan fingerprint density at radius 1 is 1.41 bits per heavy atom. The van der Waals surface area contributed by atoms with E-state index in [1.54, 1.807) is 19.2 Å². The highest BCUT2D eigenvalue weighted by Gasteiger charge is 2.14. The Hall–Kier alpha value is -0.320. The van der Waals surface area contributed by atoms with Crippen LogP contribution >= 0.6 is 23.2 Å². The van der Waals surface area contributed by atoms with E-state index in [0.717, 1.165) is 18.4 Å². The number of hydrogen-bond donors (Lipinski definition) is 2. The summed E-state index contributed by atoms with van der Waals surface area (Å²) in [5.74, 6) is 5.53. The van der Waals surface area contributed by atoms with Crippen molar-refractivity contribution < 1.29 is 4.74 Å². The standard InChI is InChI=1S/C12H18Cl2N2O/c1-8(17-2)5-11(16-15)7-9-6-10(13)3-4-12(9)14/h3-4,6,8,11,16H,5,7,15H2,1-2H3. The number of hydrazine groups is 1. The second-order valence-electron chi connectivity index (χ2n) is 4.09. The summed E-state index contributed by atoms with van der Waals surface area (Å²) in [7, 11) is 1.69. The van der Waals surface area contributed by atoms with Crippen LogP contribution in [0.4, 0.5) is 0 Å². The summed E-state index contributed by atoms with van der Waals surface area (Å²) in [6.07, 6.45) is 1.69. The molecule has 0 fully saturated rings. The van der Waals surface area contributed by atoms with Crippen LogP contribution in [0.25, 0.3) is 0 Å². The van der Waals surface area contributed by atoms with Crippen LogP contribution in [-0.2, 0) is 11.2 Å². The maximum absolute atomic E-state index is 6.11. The number of nitrogens with one attached hydrogen (secondary N) is 1. The molecule has 0 spiro atoms. The molecule has 0 bridgehead atoms. The molecule has 3 N–H and O–H groups in total. The van der Waals surface area contributed by atoms with Crippen molar-refractivity contribution in [1.82, 2.24) is 5.43 Å². The number of ether oxygens (including phenoxy) is 1. The maximum Gasteiger partial charge on any atom is 0.0558 e. The van der Waals surface area contributed by atoms with Crippen molar-refractivity contribution in [1.29, 1.82) is 0 Å².